The van der Waals surface area contributed by atoms with Crippen molar-refractivity contribution in [3.63, 3.8) is 0 Å². The van der Waals surface area contributed by atoms with Gasteiger partial charge in [-0.1, -0.05) is 6.92 Å². The zero-order chi connectivity index (χ0) is 8.69. The standard InChI is InChI=1S/C7H15N3O/c1-2-6(11)4-3-5-10-7(8)9/h2-5H2,1H3,(H4,8,9,10). The lowest BCUT2D eigenvalue weighted by molar-refractivity contribution is -0.118. The second-order valence-electron chi connectivity index (χ2n) is 2.34. The van der Waals surface area contributed by atoms with E-state index in [2.05, 4.69) is 5.32 Å². The number of rotatable bonds is 5. The molecule has 0 heterocycles. The summed E-state index contributed by atoms with van der Waals surface area (Å²) in [6, 6.07) is 0. The monoisotopic (exact) mass is 157 g/mol. The average Bonchev–Trinajstić information content (AvgIpc) is 1.97. The fourth-order valence-electron chi connectivity index (χ4n) is 0.685. The highest BCUT2D eigenvalue weighted by molar-refractivity contribution is 5.78. The smallest absolute Gasteiger partial charge is 0.185 e. The number of hydrogen-bond donors (Lipinski definition) is 3. The van der Waals surface area contributed by atoms with E-state index in [0.29, 0.717) is 19.4 Å². The molecule has 0 aliphatic rings. The summed E-state index contributed by atoms with van der Waals surface area (Å²) in [5.41, 5.74) is 5.03. The maximum Gasteiger partial charge on any atom is 0.185 e. The molecule has 0 aliphatic heterocycles. The quantitative estimate of drug-likeness (QED) is 0.303. The largest absolute Gasteiger partial charge is 0.370 e. The average molecular weight is 157 g/mol. The molecule has 0 aromatic carbocycles. The molecule has 4 N–H and O–H groups in total. The van der Waals surface area contributed by atoms with Crippen LogP contribution in [0.4, 0.5) is 0 Å². The SMILES string of the molecule is CCC(=O)CCCNC(=N)N. The van der Waals surface area contributed by atoms with Gasteiger partial charge < -0.3 is 11.1 Å². The van der Waals surface area contributed by atoms with Gasteiger partial charge >= 0.3 is 0 Å². The molecule has 0 atom stereocenters. The summed E-state index contributed by atoms with van der Waals surface area (Å²) in [4.78, 5) is 10.7. The molecule has 0 aliphatic carbocycles. The van der Waals surface area contributed by atoms with Gasteiger partial charge in [0.15, 0.2) is 5.96 Å². The number of hydrogen-bond acceptors (Lipinski definition) is 2. The van der Waals surface area contributed by atoms with E-state index >= 15 is 0 Å². The van der Waals surface area contributed by atoms with Crippen LogP contribution < -0.4 is 11.1 Å². The fourth-order valence-corrected chi connectivity index (χ4v) is 0.685. The van der Waals surface area contributed by atoms with Crippen LogP contribution in [0.3, 0.4) is 0 Å². The van der Waals surface area contributed by atoms with Crippen LogP contribution in [0.15, 0.2) is 0 Å². The minimum atomic E-state index is -0.0334. The van der Waals surface area contributed by atoms with Crippen molar-refractivity contribution in [2.75, 3.05) is 6.54 Å². The second kappa shape index (κ2) is 5.70. The van der Waals surface area contributed by atoms with Gasteiger partial charge in [0.05, 0.1) is 0 Å². The van der Waals surface area contributed by atoms with Gasteiger partial charge in [0.2, 0.25) is 0 Å². The summed E-state index contributed by atoms with van der Waals surface area (Å²) < 4.78 is 0. The van der Waals surface area contributed by atoms with Gasteiger partial charge in [0, 0.05) is 19.4 Å². The molecule has 4 nitrogen and oxygen atoms in total. The van der Waals surface area contributed by atoms with Gasteiger partial charge in [0.25, 0.3) is 0 Å². The molecule has 0 fully saturated rings. The van der Waals surface area contributed by atoms with Crippen LogP contribution in [0.2, 0.25) is 0 Å². The summed E-state index contributed by atoms with van der Waals surface area (Å²) in [5.74, 6) is 0.226. The molecule has 0 aromatic heterocycles. The molecular formula is C7H15N3O. The molecule has 4 heteroatoms. The van der Waals surface area contributed by atoms with Crippen LogP contribution in [0.25, 0.3) is 0 Å². The first kappa shape index (κ1) is 9.94. The first-order valence-corrected chi connectivity index (χ1v) is 3.76. The van der Waals surface area contributed by atoms with E-state index < -0.39 is 0 Å². The second-order valence-corrected chi connectivity index (χ2v) is 2.34. The molecule has 0 spiro atoms. The Labute approximate surface area is 66.7 Å². The summed E-state index contributed by atoms with van der Waals surface area (Å²) in [6.07, 6.45) is 1.93. The third kappa shape index (κ3) is 6.83. The van der Waals surface area contributed by atoms with Gasteiger partial charge in [-0.3, -0.25) is 10.2 Å². The van der Waals surface area contributed by atoms with Gasteiger partial charge in [-0.2, -0.15) is 0 Å². The highest BCUT2D eigenvalue weighted by Gasteiger charge is 1.96. The summed E-state index contributed by atoms with van der Waals surface area (Å²) >= 11 is 0. The molecule has 11 heavy (non-hydrogen) atoms. The molecule has 64 valence electrons. The lowest BCUT2D eigenvalue weighted by Crippen LogP contribution is -2.31. The fraction of sp³-hybridized carbons (Fsp3) is 0.714. The number of carbonyl (C=O) groups excluding carboxylic acids is 1. The number of nitrogens with two attached hydrogens (primary N) is 1. The first-order chi connectivity index (χ1) is 5.16. The number of ketones is 1. The van der Waals surface area contributed by atoms with Crippen molar-refractivity contribution in [1.82, 2.24) is 5.32 Å². The van der Waals surface area contributed by atoms with E-state index in [0.717, 1.165) is 6.42 Å². The maximum absolute atomic E-state index is 10.7. The zero-order valence-electron chi connectivity index (χ0n) is 6.81. The highest BCUT2D eigenvalue weighted by atomic mass is 16.1. The normalized spacial score (nSPS) is 9.18. The van der Waals surface area contributed by atoms with Crippen molar-refractivity contribution in [2.24, 2.45) is 5.73 Å². The van der Waals surface area contributed by atoms with Gasteiger partial charge in [-0.25, -0.2) is 0 Å². The Bertz CT molecular complexity index is 145. The topological polar surface area (TPSA) is 79.0 Å². The first-order valence-electron chi connectivity index (χ1n) is 3.76. The Balaban J connectivity index is 3.14. The third-order valence-corrected chi connectivity index (χ3v) is 1.34. The van der Waals surface area contributed by atoms with E-state index in [1.165, 1.54) is 0 Å². The van der Waals surface area contributed by atoms with Crippen molar-refractivity contribution in [2.45, 2.75) is 26.2 Å². The van der Waals surface area contributed by atoms with Gasteiger partial charge in [-0.15, -0.1) is 0 Å². The third-order valence-electron chi connectivity index (χ3n) is 1.34. The van der Waals surface area contributed by atoms with Gasteiger partial charge in [0.1, 0.15) is 5.78 Å². The van der Waals surface area contributed by atoms with E-state index in [-0.39, 0.29) is 11.7 Å². The molecule has 0 amide bonds. The van der Waals surface area contributed by atoms with E-state index in [1.54, 1.807) is 0 Å². The molecule has 0 aromatic rings. The summed E-state index contributed by atoms with van der Waals surface area (Å²) in [6.45, 7) is 2.46. The number of Topliss-reactive ketones (excluding diaryl/α,β-unsaturated/α-hetero) is 1. The lowest BCUT2D eigenvalue weighted by atomic mass is 10.2. The molecular weight excluding hydrogens is 142 g/mol. The molecule has 0 saturated heterocycles. The van der Waals surface area contributed by atoms with Gasteiger partial charge in [-0.05, 0) is 6.42 Å². The Morgan fingerprint density at radius 2 is 2.27 bits per heavy atom. The molecule has 0 radical (unpaired) electrons. The van der Waals surface area contributed by atoms with E-state index in [1.807, 2.05) is 6.92 Å². The lowest BCUT2D eigenvalue weighted by Gasteiger charge is -2.01. The Hall–Kier alpha value is -1.06. The van der Waals surface area contributed by atoms with E-state index in [4.69, 9.17) is 11.1 Å². The van der Waals surface area contributed by atoms with Crippen LogP contribution in [0, 0.1) is 5.41 Å². The predicted octanol–water partition coefficient (Wildman–Crippen LogP) is 0.229. The van der Waals surface area contributed by atoms with Crippen LogP contribution in [0.1, 0.15) is 26.2 Å². The molecule has 0 bridgehead atoms. The molecule has 0 unspecified atom stereocenters. The van der Waals surface area contributed by atoms with Crippen molar-refractivity contribution in [3.05, 3.63) is 0 Å². The number of nitrogens with one attached hydrogen (secondary N) is 2. The highest BCUT2D eigenvalue weighted by Crippen LogP contribution is 1.92. The minimum Gasteiger partial charge on any atom is -0.370 e. The van der Waals surface area contributed by atoms with Crippen LogP contribution >= 0.6 is 0 Å². The summed E-state index contributed by atoms with van der Waals surface area (Å²) in [7, 11) is 0. The van der Waals surface area contributed by atoms with E-state index in [9.17, 15) is 4.79 Å². The van der Waals surface area contributed by atoms with Crippen LogP contribution in [-0.2, 0) is 4.79 Å². The molecule has 0 rings (SSSR count). The van der Waals surface area contributed by atoms with Crippen LogP contribution in [-0.4, -0.2) is 18.3 Å². The van der Waals surface area contributed by atoms with Crippen molar-refractivity contribution in [3.8, 4) is 0 Å². The molecule has 0 saturated carbocycles. The Kier molecular flexibility index (Phi) is 5.15. The minimum absolute atomic E-state index is 0.0334. The number of guanidine groups is 1. The maximum atomic E-state index is 10.7. The zero-order valence-corrected chi connectivity index (χ0v) is 6.81. The predicted molar refractivity (Wildman–Crippen MR) is 44.4 cm³/mol. The van der Waals surface area contributed by atoms with Crippen molar-refractivity contribution < 1.29 is 4.79 Å². The Morgan fingerprint density at radius 1 is 1.64 bits per heavy atom. The van der Waals surface area contributed by atoms with Crippen molar-refractivity contribution in [1.29, 1.82) is 5.41 Å². The summed E-state index contributed by atoms with van der Waals surface area (Å²) in [5, 5.41) is 9.44. The Morgan fingerprint density at radius 3 is 2.73 bits per heavy atom. The number of carbonyl (C=O) groups is 1. The van der Waals surface area contributed by atoms with Crippen molar-refractivity contribution >= 4 is 11.7 Å². The van der Waals surface area contributed by atoms with Crippen LogP contribution in [0.5, 0.6) is 0 Å².